The first-order valence-corrected chi connectivity index (χ1v) is 5.87. The second kappa shape index (κ2) is 5.68. The fourth-order valence-corrected chi connectivity index (χ4v) is 1.69. The van der Waals surface area contributed by atoms with Crippen molar-refractivity contribution in [2.75, 3.05) is 0 Å². The molecule has 1 N–H and O–H groups in total. The molecule has 0 aromatic heterocycles. The van der Waals surface area contributed by atoms with Crippen molar-refractivity contribution in [2.24, 2.45) is 0 Å². The number of rotatable bonds is 5. The zero-order valence-electron chi connectivity index (χ0n) is 9.09. The summed E-state index contributed by atoms with van der Waals surface area (Å²) >= 11 is -0.990. The molecular formula is C10H21NOS. The number of hydrogen-bond donors (Lipinski definition) is 1. The molecule has 0 bridgehead atoms. The third kappa shape index (κ3) is 5.34. The van der Waals surface area contributed by atoms with Gasteiger partial charge in [0.15, 0.2) is 0 Å². The van der Waals surface area contributed by atoms with E-state index in [0.29, 0.717) is 0 Å². The molecular weight excluding hydrogens is 182 g/mol. The number of nitrogens with one attached hydrogen (secondary N) is 1. The summed E-state index contributed by atoms with van der Waals surface area (Å²) in [5, 5.41) is 0. The van der Waals surface area contributed by atoms with Crippen molar-refractivity contribution in [1.82, 2.24) is 4.72 Å². The topological polar surface area (TPSA) is 35.1 Å². The maximum atomic E-state index is 11.7. The van der Waals surface area contributed by atoms with Crippen LogP contribution in [0.1, 0.15) is 40.5 Å². The lowest BCUT2D eigenvalue weighted by molar-refractivity contribution is 0.527. The van der Waals surface area contributed by atoms with E-state index in [9.17, 15) is 4.55 Å². The molecule has 0 radical (unpaired) electrons. The first kappa shape index (κ1) is 13.0. The molecule has 0 saturated heterocycles. The fraction of sp³-hybridized carbons (Fsp3) is 0.800. The van der Waals surface area contributed by atoms with Crippen LogP contribution in [0, 0.1) is 0 Å². The van der Waals surface area contributed by atoms with Crippen molar-refractivity contribution in [3.63, 3.8) is 0 Å². The largest absolute Gasteiger partial charge is 0.598 e. The minimum atomic E-state index is -0.990. The van der Waals surface area contributed by atoms with Gasteiger partial charge in [-0.25, -0.2) is 0 Å². The second-order valence-electron chi connectivity index (χ2n) is 4.13. The Balaban J connectivity index is 4.00. The molecule has 0 aliphatic rings. The molecule has 2 atom stereocenters. The Morgan fingerprint density at radius 2 is 2.08 bits per heavy atom. The van der Waals surface area contributed by atoms with Gasteiger partial charge in [0, 0.05) is 11.4 Å². The summed E-state index contributed by atoms with van der Waals surface area (Å²) in [7, 11) is 0. The lowest BCUT2D eigenvalue weighted by atomic mass is 10.2. The summed E-state index contributed by atoms with van der Waals surface area (Å²) in [5.41, 5.74) is 0. The molecule has 13 heavy (non-hydrogen) atoms. The van der Waals surface area contributed by atoms with Gasteiger partial charge in [0.1, 0.15) is 4.75 Å². The Morgan fingerprint density at radius 1 is 1.54 bits per heavy atom. The first-order chi connectivity index (χ1) is 5.91. The van der Waals surface area contributed by atoms with Crippen LogP contribution in [0.3, 0.4) is 0 Å². The van der Waals surface area contributed by atoms with E-state index in [-0.39, 0.29) is 10.8 Å². The highest BCUT2D eigenvalue weighted by Crippen LogP contribution is 2.14. The van der Waals surface area contributed by atoms with Gasteiger partial charge in [-0.05, 0) is 27.2 Å². The third-order valence-electron chi connectivity index (χ3n) is 1.70. The van der Waals surface area contributed by atoms with Crippen LogP contribution < -0.4 is 4.72 Å². The van der Waals surface area contributed by atoms with Gasteiger partial charge in [0.05, 0.1) is 6.04 Å². The summed E-state index contributed by atoms with van der Waals surface area (Å²) in [5.74, 6) is 0. The third-order valence-corrected chi connectivity index (χ3v) is 3.33. The van der Waals surface area contributed by atoms with Gasteiger partial charge in [-0.3, -0.25) is 0 Å². The van der Waals surface area contributed by atoms with E-state index in [0.717, 1.165) is 12.8 Å². The maximum Gasteiger partial charge on any atom is 0.136 e. The quantitative estimate of drug-likeness (QED) is 0.550. The molecule has 0 aliphatic heterocycles. The van der Waals surface area contributed by atoms with E-state index in [2.05, 4.69) is 18.2 Å². The second-order valence-corrected chi connectivity index (χ2v) is 6.13. The van der Waals surface area contributed by atoms with Gasteiger partial charge in [-0.1, -0.05) is 19.4 Å². The fourth-order valence-electron chi connectivity index (χ4n) is 0.850. The molecule has 2 unspecified atom stereocenters. The van der Waals surface area contributed by atoms with E-state index in [1.165, 1.54) is 0 Å². The molecule has 0 fully saturated rings. The van der Waals surface area contributed by atoms with E-state index in [1.54, 1.807) is 0 Å². The van der Waals surface area contributed by atoms with Gasteiger partial charge < -0.3 is 4.55 Å². The van der Waals surface area contributed by atoms with E-state index >= 15 is 0 Å². The molecule has 0 spiro atoms. The zero-order valence-corrected chi connectivity index (χ0v) is 9.91. The van der Waals surface area contributed by atoms with Crippen LogP contribution in [-0.4, -0.2) is 15.3 Å². The van der Waals surface area contributed by atoms with Crippen LogP contribution in [0.2, 0.25) is 0 Å². The molecule has 78 valence electrons. The van der Waals surface area contributed by atoms with Crippen LogP contribution in [0.5, 0.6) is 0 Å². The smallest absolute Gasteiger partial charge is 0.136 e. The highest BCUT2D eigenvalue weighted by molar-refractivity contribution is 7.90. The molecule has 0 aromatic carbocycles. The standard InChI is InChI=1S/C10H21NOS/c1-6-8-9(7-2)11-13(12)10(3,4)5/h7,9,11H,2,6,8H2,1,3-5H3. The van der Waals surface area contributed by atoms with Crippen molar-refractivity contribution >= 4 is 11.4 Å². The van der Waals surface area contributed by atoms with Gasteiger partial charge in [0.2, 0.25) is 0 Å². The Bertz CT molecular complexity index is 153. The molecule has 2 nitrogen and oxygen atoms in total. The average molecular weight is 203 g/mol. The van der Waals surface area contributed by atoms with E-state index in [4.69, 9.17) is 0 Å². The van der Waals surface area contributed by atoms with Gasteiger partial charge in [-0.2, -0.15) is 0 Å². The first-order valence-electron chi connectivity index (χ1n) is 4.72. The lowest BCUT2D eigenvalue weighted by Gasteiger charge is -2.26. The maximum absolute atomic E-state index is 11.7. The van der Waals surface area contributed by atoms with Crippen LogP contribution >= 0.6 is 0 Å². The summed E-state index contributed by atoms with van der Waals surface area (Å²) in [6, 6.07) is 0.171. The van der Waals surface area contributed by atoms with Gasteiger partial charge in [-0.15, -0.1) is 11.3 Å². The van der Waals surface area contributed by atoms with Crippen molar-refractivity contribution < 1.29 is 4.55 Å². The highest BCUT2D eigenvalue weighted by atomic mass is 32.2. The lowest BCUT2D eigenvalue weighted by Crippen LogP contribution is -2.43. The Hall–Kier alpha value is 0.01000. The Labute approximate surface area is 85.1 Å². The molecule has 0 saturated carbocycles. The summed E-state index contributed by atoms with van der Waals surface area (Å²) in [4.78, 5) is 0. The summed E-state index contributed by atoms with van der Waals surface area (Å²) in [6.07, 6.45) is 3.89. The van der Waals surface area contributed by atoms with E-state index in [1.807, 2.05) is 26.8 Å². The van der Waals surface area contributed by atoms with Crippen molar-refractivity contribution in [3.05, 3.63) is 12.7 Å². The van der Waals surface area contributed by atoms with Crippen LogP contribution in [0.4, 0.5) is 0 Å². The summed E-state index contributed by atoms with van der Waals surface area (Å²) in [6.45, 7) is 11.7. The minimum absolute atomic E-state index is 0.171. The normalized spacial score (nSPS) is 16.7. The molecule has 0 heterocycles. The van der Waals surface area contributed by atoms with Crippen LogP contribution in [0.15, 0.2) is 12.7 Å². The van der Waals surface area contributed by atoms with Gasteiger partial charge in [0.25, 0.3) is 0 Å². The Kier molecular flexibility index (Phi) is 5.68. The SMILES string of the molecule is C=CC(CCC)N[S+]([O-])C(C)(C)C. The van der Waals surface area contributed by atoms with Crippen molar-refractivity contribution in [1.29, 1.82) is 0 Å². The zero-order chi connectivity index (χ0) is 10.5. The Morgan fingerprint density at radius 3 is 2.38 bits per heavy atom. The number of hydrogen-bond acceptors (Lipinski definition) is 2. The van der Waals surface area contributed by atoms with Crippen LogP contribution in [-0.2, 0) is 11.4 Å². The van der Waals surface area contributed by atoms with Gasteiger partial charge >= 0.3 is 0 Å². The van der Waals surface area contributed by atoms with Crippen LogP contribution in [0.25, 0.3) is 0 Å². The predicted molar refractivity (Wildman–Crippen MR) is 59.9 cm³/mol. The van der Waals surface area contributed by atoms with Crippen molar-refractivity contribution in [2.45, 2.75) is 51.3 Å². The molecule has 0 aliphatic carbocycles. The molecule has 3 heteroatoms. The molecule has 0 amide bonds. The van der Waals surface area contributed by atoms with Crippen molar-refractivity contribution in [3.8, 4) is 0 Å². The minimum Gasteiger partial charge on any atom is -0.598 e. The highest BCUT2D eigenvalue weighted by Gasteiger charge is 2.27. The molecule has 0 aromatic rings. The predicted octanol–water partition coefficient (Wildman–Crippen LogP) is 2.39. The van der Waals surface area contributed by atoms with E-state index < -0.39 is 11.4 Å². The average Bonchev–Trinajstić information content (AvgIpc) is 2.01. The summed E-state index contributed by atoms with van der Waals surface area (Å²) < 4.78 is 14.5. The molecule has 0 rings (SSSR count). The monoisotopic (exact) mass is 203 g/mol.